The maximum absolute atomic E-state index is 14.1. The van der Waals surface area contributed by atoms with Crippen molar-refractivity contribution >= 4 is 39.1 Å². The molecule has 1 N–H and O–H groups in total. The first kappa shape index (κ1) is 32.2. The molecule has 41 heavy (non-hydrogen) atoms. The summed E-state index contributed by atoms with van der Waals surface area (Å²) in [6.07, 6.45) is 1.64. The van der Waals surface area contributed by atoms with E-state index in [0.717, 1.165) is 27.4 Å². The Labute approximate surface area is 249 Å². The lowest BCUT2D eigenvalue weighted by Gasteiger charge is -2.33. The van der Waals surface area contributed by atoms with Gasteiger partial charge in [-0.1, -0.05) is 79.5 Å². The van der Waals surface area contributed by atoms with Crippen LogP contribution in [0.3, 0.4) is 0 Å². The van der Waals surface area contributed by atoms with Crippen LogP contribution in [0, 0.1) is 13.8 Å². The predicted molar refractivity (Wildman–Crippen MR) is 166 cm³/mol. The van der Waals surface area contributed by atoms with Crippen molar-refractivity contribution in [3.05, 3.63) is 94.5 Å². The molecule has 2 atom stereocenters. The molecule has 7 nitrogen and oxygen atoms in total. The van der Waals surface area contributed by atoms with Crippen molar-refractivity contribution in [2.45, 2.75) is 70.9 Å². The van der Waals surface area contributed by atoms with Crippen molar-refractivity contribution in [1.29, 1.82) is 0 Å². The van der Waals surface area contributed by atoms with Crippen LogP contribution >= 0.6 is 11.6 Å². The van der Waals surface area contributed by atoms with Gasteiger partial charge in [0, 0.05) is 17.6 Å². The molecule has 0 heterocycles. The molecule has 0 fully saturated rings. The monoisotopic (exact) mass is 597 g/mol. The van der Waals surface area contributed by atoms with Crippen molar-refractivity contribution < 1.29 is 18.0 Å². The van der Waals surface area contributed by atoms with Crippen LogP contribution in [0.4, 0.5) is 5.69 Å². The molecule has 3 aromatic carbocycles. The van der Waals surface area contributed by atoms with Gasteiger partial charge in [-0.05, 0) is 75.4 Å². The number of carbonyl (C=O) groups excluding carboxylic acids is 2. The molecule has 0 saturated heterocycles. The molecule has 3 rings (SSSR count). The first-order valence-electron chi connectivity index (χ1n) is 14.0. The van der Waals surface area contributed by atoms with Crippen LogP contribution in [-0.4, -0.2) is 50.3 Å². The van der Waals surface area contributed by atoms with Crippen LogP contribution in [-0.2, 0) is 26.0 Å². The second kappa shape index (κ2) is 14.5. The SMILES string of the molecule is CC[C@@H](C)NC(=O)[C@H](CC)N(CCc1ccccc1)C(=O)CN(c1ccc(C)c(Cl)c1)S(=O)(=O)c1ccc(C)cc1. The number of halogens is 1. The van der Waals surface area contributed by atoms with Crippen LogP contribution < -0.4 is 9.62 Å². The summed E-state index contributed by atoms with van der Waals surface area (Å²) in [6.45, 7) is 9.20. The summed E-state index contributed by atoms with van der Waals surface area (Å²) in [5.41, 5.74) is 2.98. The highest BCUT2D eigenvalue weighted by Gasteiger charge is 2.33. The standard InChI is InChI=1S/C32H40ClN3O4S/c1-6-25(5)34-32(38)30(7-2)35(20-19-26-11-9-8-10-12-26)31(37)22-36(27-16-15-24(4)29(33)21-27)41(39,40)28-17-13-23(3)14-18-28/h8-18,21,25,30H,6-7,19-20,22H2,1-5H3,(H,34,38)/t25-,30+/m1/s1. The van der Waals surface area contributed by atoms with Crippen molar-refractivity contribution in [1.82, 2.24) is 10.2 Å². The molecule has 0 bridgehead atoms. The van der Waals surface area contributed by atoms with E-state index < -0.39 is 28.5 Å². The largest absolute Gasteiger partial charge is 0.352 e. The van der Waals surface area contributed by atoms with E-state index in [1.807, 2.05) is 65.0 Å². The number of anilines is 1. The zero-order chi connectivity index (χ0) is 30.2. The first-order chi connectivity index (χ1) is 19.5. The normalized spacial score (nSPS) is 12.8. The third-order valence-electron chi connectivity index (χ3n) is 7.20. The summed E-state index contributed by atoms with van der Waals surface area (Å²) >= 11 is 6.40. The number of hydrogen-bond acceptors (Lipinski definition) is 4. The number of hydrogen-bond donors (Lipinski definition) is 1. The van der Waals surface area contributed by atoms with Gasteiger partial charge in [0.15, 0.2) is 0 Å². The van der Waals surface area contributed by atoms with Gasteiger partial charge >= 0.3 is 0 Å². The van der Waals surface area contributed by atoms with Gasteiger partial charge < -0.3 is 10.2 Å². The van der Waals surface area contributed by atoms with Gasteiger partial charge in [0.1, 0.15) is 12.6 Å². The molecule has 0 aliphatic heterocycles. The predicted octanol–water partition coefficient (Wildman–Crippen LogP) is 5.92. The molecule has 3 aromatic rings. The van der Waals surface area contributed by atoms with E-state index in [2.05, 4.69) is 5.32 Å². The lowest BCUT2D eigenvalue weighted by atomic mass is 10.1. The van der Waals surface area contributed by atoms with Crippen LogP contribution in [0.25, 0.3) is 0 Å². The third kappa shape index (κ3) is 8.33. The molecule has 0 radical (unpaired) electrons. The molecular formula is C32H40ClN3O4S. The van der Waals surface area contributed by atoms with Crippen molar-refractivity contribution in [2.75, 3.05) is 17.4 Å². The second-order valence-electron chi connectivity index (χ2n) is 10.3. The Morgan fingerprint density at radius 3 is 2.17 bits per heavy atom. The van der Waals surface area contributed by atoms with E-state index in [1.54, 1.807) is 30.3 Å². The Morgan fingerprint density at radius 2 is 1.59 bits per heavy atom. The molecule has 0 aliphatic carbocycles. The molecule has 9 heteroatoms. The van der Waals surface area contributed by atoms with Gasteiger partial charge in [0.25, 0.3) is 10.0 Å². The van der Waals surface area contributed by atoms with Gasteiger partial charge in [-0.3, -0.25) is 13.9 Å². The molecule has 0 aromatic heterocycles. The first-order valence-corrected chi connectivity index (χ1v) is 15.8. The lowest BCUT2D eigenvalue weighted by Crippen LogP contribution is -2.54. The summed E-state index contributed by atoms with van der Waals surface area (Å²) in [7, 11) is -4.15. The van der Waals surface area contributed by atoms with E-state index in [0.29, 0.717) is 17.9 Å². The zero-order valence-corrected chi connectivity index (χ0v) is 26.0. The van der Waals surface area contributed by atoms with Crippen LogP contribution in [0.2, 0.25) is 5.02 Å². The minimum absolute atomic E-state index is 0.0595. The number of carbonyl (C=O) groups is 2. The van der Waals surface area contributed by atoms with E-state index in [1.165, 1.54) is 17.0 Å². The fourth-order valence-electron chi connectivity index (χ4n) is 4.44. The molecule has 0 unspecified atom stereocenters. The van der Waals surface area contributed by atoms with E-state index in [-0.39, 0.29) is 29.1 Å². The number of nitrogens with one attached hydrogen (secondary N) is 1. The molecular weight excluding hydrogens is 558 g/mol. The minimum Gasteiger partial charge on any atom is -0.352 e. The maximum Gasteiger partial charge on any atom is 0.264 e. The van der Waals surface area contributed by atoms with Crippen LogP contribution in [0.1, 0.15) is 50.3 Å². The van der Waals surface area contributed by atoms with E-state index in [4.69, 9.17) is 11.6 Å². The summed E-state index contributed by atoms with van der Waals surface area (Å²) in [5, 5.41) is 3.38. The van der Waals surface area contributed by atoms with Gasteiger partial charge in [-0.2, -0.15) is 0 Å². The summed E-state index contributed by atoms with van der Waals surface area (Å²) in [5.74, 6) is -0.728. The second-order valence-corrected chi connectivity index (χ2v) is 12.6. The summed E-state index contributed by atoms with van der Waals surface area (Å²) in [4.78, 5) is 29.0. The van der Waals surface area contributed by atoms with Crippen LogP contribution in [0.15, 0.2) is 77.7 Å². The zero-order valence-electron chi connectivity index (χ0n) is 24.4. The average Bonchev–Trinajstić information content (AvgIpc) is 2.95. The number of rotatable bonds is 13. The highest BCUT2D eigenvalue weighted by atomic mass is 35.5. The van der Waals surface area contributed by atoms with Crippen molar-refractivity contribution in [3.63, 3.8) is 0 Å². The van der Waals surface area contributed by atoms with Gasteiger partial charge in [0.05, 0.1) is 10.6 Å². The Bertz CT molecular complexity index is 1430. The maximum atomic E-state index is 14.1. The Hall–Kier alpha value is -3.36. The molecule has 0 spiro atoms. The Balaban J connectivity index is 2.03. The average molecular weight is 598 g/mol. The summed E-state index contributed by atoms with van der Waals surface area (Å²) < 4.78 is 29.0. The third-order valence-corrected chi connectivity index (χ3v) is 9.40. The Morgan fingerprint density at radius 1 is 0.927 bits per heavy atom. The van der Waals surface area contributed by atoms with Gasteiger partial charge in [-0.15, -0.1) is 0 Å². The van der Waals surface area contributed by atoms with E-state index in [9.17, 15) is 18.0 Å². The van der Waals surface area contributed by atoms with Gasteiger partial charge in [0.2, 0.25) is 11.8 Å². The number of sulfonamides is 1. The lowest BCUT2D eigenvalue weighted by molar-refractivity contribution is -0.139. The molecule has 0 aliphatic rings. The summed E-state index contributed by atoms with van der Waals surface area (Å²) in [6, 6.07) is 20.3. The van der Waals surface area contributed by atoms with E-state index >= 15 is 0 Å². The quantitative estimate of drug-likeness (QED) is 0.265. The minimum atomic E-state index is -4.15. The smallest absolute Gasteiger partial charge is 0.264 e. The molecule has 2 amide bonds. The number of benzene rings is 3. The number of amides is 2. The Kier molecular flexibility index (Phi) is 11.4. The van der Waals surface area contributed by atoms with Crippen LogP contribution in [0.5, 0.6) is 0 Å². The topological polar surface area (TPSA) is 86.8 Å². The fraction of sp³-hybridized carbons (Fsp3) is 0.375. The number of aryl methyl sites for hydroxylation is 2. The van der Waals surface area contributed by atoms with Crippen molar-refractivity contribution in [3.8, 4) is 0 Å². The highest BCUT2D eigenvalue weighted by molar-refractivity contribution is 7.92. The molecule has 0 saturated carbocycles. The molecule has 220 valence electrons. The fourth-order valence-corrected chi connectivity index (χ4v) is 6.02. The van der Waals surface area contributed by atoms with Gasteiger partial charge in [-0.25, -0.2) is 8.42 Å². The van der Waals surface area contributed by atoms with Crippen molar-refractivity contribution in [2.24, 2.45) is 0 Å². The highest BCUT2D eigenvalue weighted by Crippen LogP contribution is 2.28. The number of nitrogens with zero attached hydrogens (tertiary/aromatic N) is 2.